The summed E-state index contributed by atoms with van der Waals surface area (Å²) in [6.45, 7) is -0.861. The van der Waals surface area contributed by atoms with Gasteiger partial charge in [0.25, 0.3) is 0 Å². The minimum absolute atomic E-state index is 0.124. The molecule has 0 heterocycles. The minimum atomic E-state index is -4.23. The van der Waals surface area contributed by atoms with Gasteiger partial charge >= 0.3 is 6.18 Å². The van der Waals surface area contributed by atoms with E-state index in [-0.39, 0.29) is 6.54 Å². The largest absolute Gasteiger partial charge is 0.497 e. The normalized spacial score (nSPS) is 13.7. The van der Waals surface area contributed by atoms with Gasteiger partial charge in [0, 0.05) is 12.6 Å². The SMILES string of the molecule is COc1ccc(C(CN)N(C)CC(F)(F)F)cc1. The fraction of sp³-hybridized carbons (Fsp3) is 0.500. The average Bonchev–Trinajstić information content (AvgIpc) is 2.28. The molecule has 1 unspecified atom stereocenters. The van der Waals surface area contributed by atoms with Gasteiger partial charge in [-0.25, -0.2) is 0 Å². The highest BCUT2D eigenvalue weighted by Gasteiger charge is 2.32. The van der Waals surface area contributed by atoms with Crippen LogP contribution in [0.3, 0.4) is 0 Å². The van der Waals surface area contributed by atoms with Crippen molar-refractivity contribution in [2.45, 2.75) is 12.2 Å². The van der Waals surface area contributed by atoms with Gasteiger partial charge in [0.15, 0.2) is 0 Å². The van der Waals surface area contributed by atoms with Crippen LogP contribution < -0.4 is 10.5 Å². The number of ether oxygens (including phenoxy) is 1. The summed E-state index contributed by atoms with van der Waals surface area (Å²) >= 11 is 0. The number of methoxy groups -OCH3 is 1. The van der Waals surface area contributed by atoms with E-state index in [0.29, 0.717) is 5.75 Å². The Balaban J connectivity index is 2.81. The molecule has 0 saturated carbocycles. The van der Waals surface area contributed by atoms with Crippen molar-refractivity contribution in [3.63, 3.8) is 0 Å². The lowest BCUT2D eigenvalue weighted by molar-refractivity contribution is -0.147. The van der Waals surface area contributed by atoms with Gasteiger partial charge in [0.1, 0.15) is 5.75 Å². The van der Waals surface area contributed by atoms with Gasteiger partial charge in [-0.05, 0) is 24.7 Å². The molecule has 18 heavy (non-hydrogen) atoms. The molecule has 0 aromatic heterocycles. The first-order valence-corrected chi connectivity index (χ1v) is 5.48. The second-order valence-corrected chi connectivity index (χ2v) is 4.05. The first-order chi connectivity index (χ1) is 8.37. The predicted octanol–water partition coefficient (Wildman–Crippen LogP) is 2.19. The second-order valence-electron chi connectivity index (χ2n) is 4.05. The number of hydrogen-bond donors (Lipinski definition) is 1. The molecule has 0 spiro atoms. The third kappa shape index (κ3) is 4.19. The van der Waals surface area contributed by atoms with Gasteiger partial charge in [-0.15, -0.1) is 0 Å². The topological polar surface area (TPSA) is 38.5 Å². The van der Waals surface area contributed by atoms with Crippen molar-refractivity contribution in [3.8, 4) is 5.75 Å². The zero-order chi connectivity index (χ0) is 13.8. The fourth-order valence-corrected chi connectivity index (χ4v) is 1.79. The highest BCUT2D eigenvalue weighted by atomic mass is 19.4. The van der Waals surface area contributed by atoms with Crippen LogP contribution >= 0.6 is 0 Å². The molecule has 0 amide bonds. The molecule has 0 fully saturated rings. The molecule has 1 rings (SSSR count). The summed E-state index contributed by atoms with van der Waals surface area (Å²) in [6.07, 6.45) is -4.23. The summed E-state index contributed by atoms with van der Waals surface area (Å²) in [5.74, 6) is 0.660. The first kappa shape index (κ1) is 14.8. The van der Waals surface area contributed by atoms with Crippen LogP contribution in [0.4, 0.5) is 13.2 Å². The van der Waals surface area contributed by atoms with Gasteiger partial charge in [-0.2, -0.15) is 13.2 Å². The number of nitrogens with zero attached hydrogens (tertiary/aromatic N) is 1. The third-order valence-corrected chi connectivity index (χ3v) is 2.68. The molecule has 1 aromatic carbocycles. The van der Waals surface area contributed by atoms with Crippen molar-refractivity contribution in [3.05, 3.63) is 29.8 Å². The average molecular weight is 262 g/mol. The standard InChI is InChI=1S/C12H17F3N2O/c1-17(8-12(13,14)15)11(7-16)9-3-5-10(18-2)6-4-9/h3-6,11H,7-8,16H2,1-2H3. The predicted molar refractivity (Wildman–Crippen MR) is 63.5 cm³/mol. The zero-order valence-corrected chi connectivity index (χ0v) is 10.4. The number of likely N-dealkylation sites (N-methyl/N-ethyl adjacent to an activating group) is 1. The molecule has 0 bridgehead atoms. The summed E-state index contributed by atoms with van der Waals surface area (Å²) in [7, 11) is 2.94. The van der Waals surface area contributed by atoms with Gasteiger partial charge in [0.05, 0.1) is 13.7 Å². The van der Waals surface area contributed by atoms with Crippen LogP contribution in [0.25, 0.3) is 0 Å². The quantitative estimate of drug-likeness (QED) is 0.884. The van der Waals surface area contributed by atoms with E-state index in [4.69, 9.17) is 10.5 Å². The van der Waals surface area contributed by atoms with Crippen LogP contribution in [0.2, 0.25) is 0 Å². The molecule has 1 aromatic rings. The van der Waals surface area contributed by atoms with E-state index in [1.165, 1.54) is 19.1 Å². The van der Waals surface area contributed by atoms with E-state index in [1.807, 2.05) is 0 Å². The monoisotopic (exact) mass is 262 g/mol. The molecule has 3 nitrogen and oxygen atoms in total. The fourth-order valence-electron chi connectivity index (χ4n) is 1.79. The lowest BCUT2D eigenvalue weighted by atomic mass is 10.1. The maximum absolute atomic E-state index is 12.3. The van der Waals surface area contributed by atoms with Crippen molar-refractivity contribution in [2.24, 2.45) is 5.73 Å². The van der Waals surface area contributed by atoms with Crippen LogP contribution in [0, 0.1) is 0 Å². The molecule has 102 valence electrons. The minimum Gasteiger partial charge on any atom is -0.497 e. The summed E-state index contributed by atoms with van der Waals surface area (Å²) in [6, 6.07) is 6.41. The van der Waals surface area contributed by atoms with Crippen LogP contribution in [-0.2, 0) is 0 Å². The Labute approximate surface area is 104 Å². The Morgan fingerprint density at radius 2 is 1.83 bits per heavy atom. The Morgan fingerprint density at radius 1 is 1.28 bits per heavy atom. The molecular formula is C12H17F3N2O. The molecular weight excluding hydrogens is 245 g/mol. The van der Waals surface area contributed by atoms with Crippen LogP contribution in [0.5, 0.6) is 5.75 Å². The highest BCUT2D eigenvalue weighted by molar-refractivity contribution is 5.29. The smallest absolute Gasteiger partial charge is 0.401 e. The molecule has 0 aliphatic rings. The van der Waals surface area contributed by atoms with Crippen LogP contribution in [0.15, 0.2) is 24.3 Å². The molecule has 6 heteroatoms. The molecule has 0 aliphatic heterocycles. The van der Waals surface area contributed by atoms with E-state index in [0.717, 1.165) is 5.56 Å². The van der Waals surface area contributed by atoms with E-state index < -0.39 is 18.8 Å². The summed E-state index contributed by atoms with van der Waals surface area (Å²) < 4.78 is 42.0. The zero-order valence-electron chi connectivity index (χ0n) is 10.4. The number of nitrogens with two attached hydrogens (primary N) is 1. The second kappa shape index (κ2) is 6.06. The number of alkyl halides is 3. The number of hydrogen-bond acceptors (Lipinski definition) is 3. The molecule has 2 N–H and O–H groups in total. The summed E-state index contributed by atoms with van der Waals surface area (Å²) in [5, 5.41) is 0. The molecule has 1 atom stereocenters. The van der Waals surface area contributed by atoms with E-state index in [2.05, 4.69) is 0 Å². The Morgan fingerprint density at radius 3 is 2.22 bits per heavy atom. The van der Waals surface area contributed by atoms with Crippen molar-refractivity contribution in [1.82, 2.24) is 4.90 Å². The van der Waals surface area contributed by atoms with Gasteiger partial charge in [-0.3, -0.25) is 4.90 Å². The van der Waals surface area contributed by atoms with Crippen LogP contribution in [-0.4, -0.2) is 38.3 Å². The highest BCUT2D eigenvalue weighted by Crippen LogP contribution is 2.25. The lowest BCUT2D eigenvalue weighted by Crippen LogP contribution is -2.37. The number of halogens is 3. The van der Waals surface area contributed by atoms with Gasteiger partial charge < -0.3 is 10.5 Å². The van der Waals surface area contributed by atoms with Crippen molar-refractivity contribution >= 4 is 0 Å². The third-order valence-electron chi connectivity index (χ3n) is 2.68. The molecule has 0 saturated heterocycles. The maximum atomic E-state index is 12.3. The van der Waals surface area contributed by atoms with Crippen LogP contribution in [0.1, 0.15) is 11.6 Å². The number of rotatable bonds is 5. The Kier molecular flexibility index (Phi) is 4.98. The van der Waals surface area contributed by atoms with Crippen molar-refractivity contribution in [2.75, 3.05) is 27.2 Å². The van der Waals surface area contributed by atoms with Gasteiger partial charge in [0.2, 0.25) is 0 Å². The Bertz CT molecular complexity index is 365. The van der Waals surface area contributed by atoms with E-state index in [1.54, 1.807) is 24.3 Å². The maximum Gasteiger partial charge on any atom is 0.401 e. The van der Waals surface area contributed by atoms with Gasteiger partial charge in [-0.1, -0.05) is 12.1 Å². The number of benzene rings is 1. The Hall–Kier alpha value is -1.27. The molecule has 0 aliphatic carbocycles. The summed E-state index contributed by atoms with van der Waals surface area (Å²) in [5.41, 5.74) is 6.30. The van der Waals surface area contributed by atoms with Crippen molar-refractivity contribution < 1.29 is 17.9 Å². The summed E-state index contributed by atoms with van der Waals surface area (Å²) in [4.78, 5) is 1.20. The lowest BCUT2D eigenvalue weighted by Gasteiger charge is -2.28. The van der Waals surface area contributed by atoms with E-state index in [9.17, 15) is 13.2 Å². The first-order valence-electron chi connectivity index (χ1n) is 5.48. The molecule has 0 radical (unpaired) electrons. The van der Waals surface area contributed by atoms with E-state index >= 15 is 0 Å². The van der Waals surface area contributed by atoms with Crippen molar-refractivity contribution in [1.29, 1.82) is 0 Å².